The third-order valence-corrected chi connectivity index (χ3v) is 6.73. The van der Waals surface area contributed by atoms with Crippen LogP contribution in [0.4, 0.5) is 10.6 Å². The quantitative estimate of drug-likeness (QED) is 0.589. The molecule has 3 aromatic rings. The van der Waals surface area contributed by atoms with Crippen molar-refractivity contribution in [1.82, 2.24) is 9.78 Å². The van der Waals surface area contributed by atoms with Gasteiger partial charge in [-0.05, 0) is 34.1 Å². The number of carbonyl (C=O) groups is 2. The first-order valence-electron chi connectivity index (χ1n) is 11.2. The fourth-order valence-corrected chi connectivity index (χ4v) is 5.13. The number of anilines is 1. The zero-order valence-electron chi connectivity index (χ0n) is 19.0. The molecule has 170 valence electrons. The van der Waals surface area contributed by atoms with Crippen LogP contribution >= 0.6 is 0 Å². The van der Waals surface area contributed by atoms with Crippen molar-refractivity contribution < 1.29 is 19.4 Å². The van der Waals surface area contributed by atoms with Crippen LogP contribution in [0.5, 0.6) is 0 Å². The van der Waals surface area contributed by atoms with Crippen LogP contribution in [0.1, 0.15) is 60.6 Å². The van der Waals surface area contributed by atoms with Crippen LogP contribution in [0, 0.1) is 5.41 Å². The average molecular weight is 446 g/mol. The second kappa shape index (κ2) is 7.76. The SMILES string of the molecule is CC(C)(C)C1CCN(C(=O)OCC2c3ccccc3-c3ccccc32)c2c(C(=O)O)cnn21. The number of aromatic carboxylic acids is 1. The Kier molecular flexibility index (Phi) is 5.00. The smallest absolute Gasteiger partial charge is 0.415 e. The number of ether oxygens (including phenoxy) is 1. The van der Waals surface area contributed by atoms with Crippen molar-refractivity contribution in [2.75, 3.05) is 18.1 Å². The molecule has 1 unspecified atom stereocenters. The first-order chi connectivity index (χ1) is 15.8. The van der Waals surface area contributed by atoms with Crippen LogP contribution in [-0.4, -0.2) is 40.1 Å². The summed E-state index contributed by atoms with van der Waals surface area (Å²) in [5.74, 6) is -0.870. The second-order valence-electron chi connectivity index (χ2n) is 9.76. The molecule has 0 radical (unpaired) electrons. The van der Waals surface area contributed by atoms with Gasteiger partial charge in [-0.2, -0.15) is 5.10 Å². The van der Waals surface area contributed by atoms with Gasteiger partial charge < -0.3 is 9.84 Å². The van der Waals surface area contributed by atoms with Crippen LogP contribution in [-0.2, 0) is 4.74 Å². The molecule has 2 aromatic carbocycles. The molecule has 7 heteroatoms. The van der Waals surface area contributed by atoms with E-state index in [4.69, 9.17) is 4.74 Å². The monoisotopic (exact) mass is 445 g/mol. The molecule has 33 heavy (non-hydrogen) atoms. The molecule has 1 atom stereocenters. The fourth-order valence-electron chi connectivity index (χ4n) is 5.13. The summed E-state index contributed by atoms with van der Waals surface area (Å²) in [6, 6.07) is 16.3. The third kappa shape index (κ3) is 3.48. The van der Waals surface area contributed by atoms with Gasteiger partial charge in [0, 0.05) is 12.5 Å². The number of nitrogens with zero attached hydrogens (tertiary/aromatic N) is 3. The van der Waals surface area contributed by atoms with Crippen LogP contribution in [0.25, 0.3) is 11.1 Å². The van der Waals surface area contributed by atoms with Crippen molar-refractivity contribution in [3.05, 3.63) is 71.4 Å². The van der Waals surface area contributed by atoms with E-state index in [1.54, 1.807) is 4.68 Å². The van der Waals surface area contributed by atoms with Gasteiger partial charge in [0.25, 0.3) is 0 Å². The molecule has 1 aromatic heterocycles. The molecular weight excluding hydrogens is 418 g/mol. The van der Waals surface area contributed by atoms with E-state index in [-0.39, 0.29) is 29.5 Å². The number of fused-ring (bicyclic) bond motifs is 4. The van der Waals surface area contributed by atoms with Crippen LogP contribution in [0.2, 0.25) is 0 Å². The fraction of sp³-hybridized carbons (Fsp3) is 0.346. The van der Waals surface area contributed by atoms with E-state index < -0.39 is 12.1 Å². The largest absolute Gasteiger partial charge is 0.477 e. The molecule has 2 aliphatic rings. The Bertz CT molecular complexity index is 1190. The minimum absolute atomic E-state index is 0.0115. The first-order valence-corrected chi connectivity index (χ1v) is 11.2. The van der Waals surface area contributed by atoms with Crippen molar-refractivity contribution in [3.63, 3.8) is 0 Å². The summed E-state index contributed by atoms with van der Waals surface area (Å²) in [5.41, 5.74) is 4.46. The Hall–Kier alpha value is -3.61. The lowest BCUT2D eigenvalue weighted by atomic mass is 9.84. The molecule has 1 aliphatic heterocycles. The molecule has 0 saturated carbocycles. The number of amides is 1. The lowest BCUT2D eigenvalue weighted by Crippen LogP contribution is -2.43. The van der Waals surface area contributed by atoms with Gasteiger partial charge in [0.15, 0.2) is 5.82 Å². The first kappa shape index (κ1) is 21.2. The number of carboxylic acids is 1. The van der Waals surface area contributed by atoms with Crippen molar-refractivity contribution in [1.29, 1.82) is 0 Å². The molecule has 1 aliphatic carbocycles. The highest BCUT2D eigenvalue weighted by atomic mass is 16.6. The summed E-state index contributed by atoms with van der Waals surface area (Å²) >= 11 is 0. The van der Waals surface area contributed by atoms with Gasteiger partial charge in [0.1, 0.15) is 12.2 Å². The van der Waals surface area contributed by atoms with Crippen molar-refractivity contribution in [2.24, 2.45) is 5.41 Å². The number of aromatic nitrogens is 2. The molecule has 2 heterocycles. The molecule has 7 nitrogen and oxygen atoms in total. The number of hydrogen-bond acceptors (Lipinski definition) is 4. The normalized spacial score (nSPS) is 17.3. The topological polar surface area (TPSA) is 84.7 Å². The van der Waals surface area contributed by atoms with Crippen LogP contribution < -0.4 is 4.90 Å². The van der Waals surface area contributed by atoms with Gasteiger partial charge in [0.2, 0.25) is 0 Å². The Labute approximate surface area is 192 Å². The van der Waals surface area contributed by atoms with Gasteiger partial charge in [-0.1, -0.05) is 69.3 Å². The number of rotatable bonds is 3. The van der Waals surface area contributed by atoms with Crippen molar-refractivity contribution in [3.8, 4) is 11.1 Å². The van der Waals surface area contributed by atoms with Gasteiger partial charge in [-0.25, -0.2) is 14.3 Å². The predicted molar refractivity (Wildman–Crippen MR) is 125 cm³/mol. The molecular formula is C26H27N3O4. The van der Waals surface area contributed by atoms with Crippen LogP contribution in [0.15, 0.2) is 54.7 Å². The molecule has 1 amide bonds. The highest BCUT2D eigenvalue weighted by Crippen LogP contribution is 2.45. The maximum atomic E-state index is 13.2. The molecule has 1 N–H and O–H groups in total. The van der Waals surface area contributed by atoms with E-state index in [1.807, 2.05) is 24.3 Å². The lowest BCUT2D eigenvalue weighted by molar-refractivity contribution is 0.0697. The zero-order chi connectivity index (χ0) is 23.3. The number of hydrogen-bond donors (Lipinski definition) is 1. The predicted octanol–water partition coefficient (Wildman–Crippen LogP) is 5.33. The standard InChI is InChI=1S/C26H27N3O4/c1-26(2,3)22-12-13-28(23-20(24(30)31)14-27-29(22)23)25(32)33-15-21-18-10-6-4-8-16(18)17-9-5-7-11-19(17)21/h4-11,14,21-22H,12-13,15H2,1-3H3,(H,30,31). The zero-order valence-corrected chi connectivity index (χ0v) is 19.0. The van der Waals surface area contributed by atoms with Crippen LogP contribution in [0.3, 0.4) is 0 Å². The number of carboxylic acid groups (broad SMARTS) is 1. The Morgan fingerprint density at radius 1 is 1.06 bits per heavy atom. The summed E-state index contributed by atoms with van der Waals surface area (Å²) in [4.78, 5) is 26.5. The van der Waals surface area contributed by atoms with Gasteiger partial charge in [-0.3, -0.25) is 4.90 Å². The summed E-state index contributed by atoms with van der Waals surface area (Å²) in [6.07, 6.45) is 1.45. The van der Waals surface area contributed by atoms with Gasteiger partial charge in [0.05, 0.1) is 12.2 Å². The number of benzene rings is 2. The molecule has 0 bridgehead atoms. The van der Waals surface area contributed by atoms with Crippen molar-refractivity contribution >= 4 is 17.9 Å². The maximum absolute atomic E-state index is 13.2. The van der Waals surface area contributed by atoms with E-state index in [0.29, 0.717) is 18.8 Å². The summed E-state index contributed by atoms with van der Waals surface area (Å²) in [6.45, 7) is 6.83. The maximum Gasteiger partial charge on any atom is 0.415 e. The van der Waals surface area contributed by atoms with Crippen molar-refractivity contribution in [2.45, 2.75) is 39.2 Å². The number of carbonyl (C=O) groups excluding carboxylic acids is 1. The second-order valence-corrected chi connectivity index (χ2v) is 9.76. The van der Waals surface area contributed by atoms with E-state index in [2.05, 4.69) is 50.1 Å². The van der Waals surface area contributed by atoms with Gasteiger partial charge in [-0.15, -0.1) is 0 Å². The van der Waals surface area contributed by atoms with E-state index >= 15 is 0 Å². The van der Waals surface area contributed by atoms with Gasteiger partial charge >= 0.3 is 12.1 Å². The van der Waals surface area contributed by atoms with E-state index in [9.17, 15) is 14.7 Å². The highest BCUT2D eigenvalue weighted by molar-refractivity contribution is 5.99. The average Bonchev–Trinajstić information content (AvgIpc) is 3.36. The molecule has 0 saturated heterocycles. The minimum atomic E-state index is -1.11. The van der Waals surface area contributed by atoms with E-state index in [0.717, 1.165) is 22.3 Å². The minimum Gasteiger partial charge on any atom is -0.477 e. The Balaban J connectivity index is 1.42. The summed E-state index contributed by atoms with van der Waals surface area (Å²) < 4.78 is 7.49. The molecule has 0 spiro atoms. The summed E-state index contributed by atoms with van der Waals surface area (Å²) in [5, 5.41) is 14.0. The van der Waals surface area contributed by atoms with E-state index in [1.165, 1.54) is 11.1 Å². The highest BCUT2D eigenvalue weighted by Gasteiger charge is 2.40. The Morgan fingerprint density at radius 2 is 1.67 bits per heavy atom. The molecule has 5 rings (SSSR count). The third-order valence-electron chi connectivity index (χ3n) is 6.73. The summed E-state index contributed by atoms with van der Waals surface area (Å²) in [7, 11) is 0. The molecule has 0 fully saturated rings. The lowest BCUT2D eigenvalue weighted by Gasteiger charge is -2.39. The Morgan fingerprint density at radius 3 is 2.24 bits per heavy atom.